The van der Waals surface area contributed by atoms with Crippen molar-refractivity contribution in [3.8, 4) is 11.5 Å². The zero-order chi connectivity index (χ0) is 24.3. The summed E-state index contributed by atoms with van der Waals surface area (Å²) in [5, 5.41) is 23.7. The van der Waals surface area contributed by atoms with Gasteiger partial charge < -0.3 is 19.4 Å². The second-order valence-corrected chi connectivity index (χ2v) is 9.38. The fourth-order valence-corrected chi connectivity index (χ4v) is 4.61. The zero-order valence-electron chi connectivity index (χ0n) is 19.5. The third-order valence-corrected chi connectivity index (χ3v) is 6.45. The van der Waals surface area contributed by atoms with E-state index in [1.807, 2.05) is 34.7 Å². The van der Waals surface area contributed by atoms with Gasteiger partial charge in [-0.05, 0) is 62.2 Å². The lowest BCUT2D eigenvalue weighted by Gasteiger charge is -2.32. The molecule has 1 aliphatic heterocycles. The molecule has 4 aromatic heterocycles. The number of benzene rings is 1. The van der Waals surface area contributed by atoms with Crippen molar-refractivity contribution in [2.24, 2.45) is 0 Å². The molecule has 2 N–H and O–H groups in total. The molecule has 1 aliphatic rings. The van der Waals surface area contributed by atoms with Gasteiger partial charge in [-0.2, -0.15) is 5.10 Å². The van der Waals surface area contributed by atoms with E-state index in [0.717, 1.165) is 34.6 Å². The van der Waals surface area contributed by atoms with Crippen LogP contribution in [-0.4, -0.2) is 41.4 Å². The highest BCUT2D eigenvalue weighted by Gasteiger charge is 2.36. The number of aromatic amines is 1. The zero-order valence-corrected chi connectivity index (χ0v) is 19.5. The van der Waals surface area contributed by atoms with Crippen LogP contribution in [0.3, 0.4) is 0 Å². The van der Waals surface area contributed by atoms with Crippen LogP contribution in [0.2, 0.25) is 0 Å². The maximum atomic E-state index is 14.3. The van der Waals surface area contributed by atoms with Crippen LogP contribution >= 0.6 is 0 Å². The van der Waals surface area contributed by atoms with Crippen LogP contribution < -0.4 is 4.90 Å². The Morgan fingerprint density at radius 1 is 1.20 bits per heavy atom. The minimum absolute atomic E-state index is 0.169. The summed E-state index contributed by atoms with van der Waals surface area (Å²) in [4.78, 5) is 9.79. The molecule has 178 valence electrons. The number of halogens is 1. The summed E-state index contributed by atoms with van der Waals surface area (Å²) in [5.74, 6) is -0.320. The highest BCUT2D eigenvalue weighted by atomic mass is 19.1. The van der Waals surface area contributed by atoms with E-state index in [0.29, 0.717) is 23.7 Å². The van der Waals surface area contributed by atoms with Crippen LogP contribution in [0.15, 0.2) is 53.3 Å². The van der Waals surface area contributed by atoms with E-state index < -0.39 is 11.4 Å². The Bertz CT molecular complexity index is 1540. The molecule has 0 unspecified atom stereocenters. The van der Waals surface area contributed by atoms with Crippen molar-refractivity contribution >= 4 is 11.5 Å². The first-order valence-electron chi connectivity index (χ1n) is 11.4. The Labute approximate surface area is 200 Å². The van der Waals surface area contributed by atoms with Crippen molar-refractivity contribution in [2.45, 2.75) is 38.8 Å². The van der Waals surface area contributed by atoms with E-state index in [-0.39, 0.29) is 11.9 Å². The molecule has 10 heteroatoms. The average molecular weight is 474 g/mol. The smallest absolute Gasteiger partial charge is 0.319 e. The first-order chi connectivity index (χ1) is 16.8. The number of aliphatic hydroxyl groups is 1. The fraction of sp³-hybridized carbons (Fsp3) is 0.280. The maximum Gasteiger partial charge on any atom is 0.319 e. The highest BCUT2D eigenvalue weighted by Crippen LogP contribution is 2.37. The second kappa shape index (κ2) is 7.74. The quantitative estimate of drug-likeness (QED) is 0.407. The Balaban J connectivity index is 1.43. The lowest BCUT2D eigenvalue weighted by atomic mass is 9.96. The van der Waals surface area contributed by atoms with Gasteiger partial charge >= 0.3 is 6.01 Å². The summed E-state index contributed by atoms with van der Waals surface area (Å²) in [6.45, 7) is 5.85. The Morgan fingerprint density at radius 3 is 2.86 bits per heavy atom. The van der Waals surface area contributed by atoms with Crippen molar-refractivity contribution in [2.75, 3.05) is 11.4 Å². The number of aryl methyl sites for hydroxylation is 1. The first-order valence-corrected chi connectivity index (χ1v) is 11.4. The summed E-state index contributed by atoms with van der Waals surface area (Å²) in [7, 11) is 0. The van der Waals surface area contributed by atoms with Gasteiger partial charge in [0, 0.05) is 30.4 Å². The Kier molecular flexibility index (Phi) is 4.75. The van der Waals surface area contributed by atoms with E-state index in [1.54, 1.807) is 26.2 Å². The number of hydrogen-bond acceptors (Lipinski definition) is 7. The number of nitrogens with one attached hydrogen (secondary N) is 1. The summed E-state index contributed by atoms with van der Waals surface area (Å²) in [6.07, 6.45) is 4.32. The Hall–Kier alpha value is -4.05. The van der Waals surface area contributed by atoms with Crippen molar-refractivity contribution in [1.29, 1.82) is 0 Å². The minimum Gasteiger partial charge on any atom is -0.403 e. The van der Waals surface area contributed by atoms with Gasteiger partial charge in [0.2, 0.25) is 5.89 Å². The van der Waals surface area contributed by atoms with Gasteiger partial charge in [-0.25, -0.2) is 13.9 Å². The minimum atomic E-state index is -1.21. The van der Waals surface area contributed by atoms with Gasteiger partial charge in [0.1, 0.15) is 11.9 Å². The van der Waals surface area contributed by atoms with E-state index in [4.69, 9.17) is 9.52 Å². The van der Waals surface area contributed by atoms with Gasteiger partial charge in [0.05, 0.1) is 28.8 Å². The van der Waals surface area contributed by atoms with Gasteiger partial charge in [0.15, 0.2) is 0 Å². The molecule has 5 heterocycles. The van der Waals surface area contributed by atoms with Crippen LogP contribution in [0.25, 0.3) is 17.0 Å². The van der Waals surface area contributed by atoms with Gasteiger partial charge in [-0.3, -0.25) is 0 Å². The van der Waals surface area contributed by atoms with Crippen LogP contribution in [0, 0.1) is 12.7 Å². The molecule has 0 saturated carbocycles. The fourth-order valence-electron chi connectivity index (χ4n) is 4.61. The van der Waals surface area contributed by atoms with E-state index in [1.165, 1.54) is 12.1 Å². The number of aromatic nitrogens is 6. The number of pyridine rings is 1. The van der Waals surface area contributed by atoms with Crippen LogP contribution in [0.1, 0.15) is 48.1 Å². The molecule has 0 fully saturated rings. The third-order valence-electron chi connectivity index (χ3n) is 6.45. The molecule has 1 atom stereocenters. The number of imidazole rings is 1. The molecular formula is C25H24FN7O2. The molecule has 0 radical (unpaired) electrons. The van der Waals surface area contributed by atoms with E-state index >= 15 is 0 Å². The second-order valence-electron chi connectivity index (χ2n) is 9.38. The lowest BCUT2D eigenvalue weighted by Crippen LogP contribution is -2.36. The van der Waals surface area contributed by atoms with Crippen molar-refractivity contribution < 1.29 is 13.9 Å². The molecule has 35 heavy (non-hydrogen) atoms. The molecule has 0 aliphatic carbocycles. The topological polar surface area (TPSA) is 108 Å². The summed E-state index contributed by atoms with van der Waals surface area (Å²) in [5.41, 5.74) is 4.44. The number of fused-ring (bicyclic) bond motifs is 2. The summed E-state index contributed by atoms with van der Waals surface area (Å²) < 4.78 is 22.2. The van der Waals surface area contributed by atoms with Crippen LogP contribution in [0.5, 0.6) is 0 Å². The molecule has 0 saturated heterocycles. The number of anilines is 1. The lowest BCUT2D eigenvalue weighted by molar-refractivity contribution is 0.0783. The molecule has 0 spiro atoms. The molecule has 0 amide bonds. The van der Waals surface area contributed by atoms with Crippen molar-refractivity contribution in [1.82, 2.24) is 29.8 Å². The van der Waals surface area contributed by atoms with Crippen LogP contribution in [0.4, 0.5) is 10.4 Å². The van der Waals surface area contributed by atoms with E-state index in [9.17, 15) is 9.50 Å². The average Bonchev–Trinajstić information content (AvgIpc) is 3.56. The molecule has 5 aromatic rings. The Morgan fingerprint density at radius 2 is 2.06 bits per heavy atom. The SMILES string of the molecule is Cc1cccn2nc([C@@H]3c4nc[nH]c4CCN3c3nnc(-c4cc(F)cc(C(C)(C)O)c4)o3)cc12. The number of nitrogens with zero attached hydrogens (tertiary/aromatic N) is 6. The normalized spacial score (nSPS) is 16.1. The number of hydrogen-bond donors (Lipinski definition) is 2. The predicted molar refractivity (Wildman–Crippen MR) is 126 cm³/mol. The molecule has 9 nitrogen and oxygen atoms in total. The van der Waals surface area contributed by atoms with E-state index in [2.05, 4.69) is 26.2 Å². The molecule has 6 rings (SSSR count). The predicted octanol–water partition coefficient (Wildman–Crippen LogP) is 3.93. The number of H-pyrrole nitrogens is 1. The molecule has 0 bridgehead atoms. The largest absolute Gasteiger partial charge is 0.403 e. The standard InChI is InChI=1S/C25H24FN7O2/c1-14-5-4-7-33-20(14)12-19(31-33)22-21-18(27-13-28-21)6-8-32(22)24-30-29-23(35-24)15-9-16(25(2,3)34)11-17(26)10-15/h4-5,7,9-13,22,34H,6,8H2,1-3H3,(H,27,28)/t22-/m1/s1. The maximum absolute atomic E-state index is 14.3. The number of rotatable bonds is 4. The monoisotopic (exact) mass is 473 g/mol. The highest BCUT2D eigenvalue weighted by molar-refractivity contribution is 5.58. The van der Waals surface area contributed by atoms with Gasteiger partial charge in [0.25, 0.3) is 0 Å². The van der Waals surface area contributed by atoms with Crippen molar-refractivity contribution in [3.05, 3.63) is 82.9 Å². The first kappa shape index (κ1) is 21.5. The summed E-state index contributed by atoms with van der Waals surface area (Å²) in [6, 6.07) is 10.3. The van der Waals surface area contributed by atoms with Crippen LogP contribution in [-0.2, 0) is 12.0 Å². The molecule has 1 aromatic carbocycles. The van der Waals surface area contributed by atoms with Crippen molar-refractivity contribution in [3.63, 3.8) is 0 Å². The van der Waals surface area contributed by atoms with Gasteiger partial charge in [-0.15, -0.1) is 5.10 Å². The van der Waals surface area contributed by atoms with Gasteiger partial charge in [-0.1, -0.05) is 11.2 Å². The third kappa shape index (κ3) is 3.66. The summed E-state index contributed by atoms with van der Waals surface area (Å²) >= 11 is 0. The molecular weight excluding hydrogens is 449 g/mol.